The van der Waals surface area contributed by atoms with Gasteiger partial charge in [-0.2, -0.15) is 0 Å². The summed E-state index contributed by atoms with van der Waals surface area (Å²) >= 11 is 0. The fourth-order valence-electron chi connectivity index (χ4n) is 2.71. The summed E-state index contributed by atoms with van der Waals surface area (Å²) in [6, 6.07) is 9.90. The highest BCUT2D eigenvalue weighted by Crippen LogP contribution is 2.31. The van der Waals surface area contributed by atoms with Gasteiger partial charge in [-0.05, 0) is 48.9 Å². The molecular formula is C21H23NO7. The van der Waals surface area contributed by atoms with Crippen LogP contribution in [-0.2, 0) is 9.53 Å². The molecule has 0 aliphatic heterocycles. The number of esters is 1. The Morgan fingerprint density at radius 2 is 1.59 bits per heavy atom. The van der Waals surface area contributed by atoms with Crippen molar-refractivity contribution in [3.05, 3.63) is 59.2 Å². The number of carbonyl (C=O) groups is 3. The zero-order chi connectivity index (χ0) is 21.4. The summed E-state index contributed by atoms with van der Waals surface area (Å²) in [5, 5.41) is 11.8. The normalized spacial score (nSPS) is 11.3. The van der Waals surface area contributed by atoms with E-state index < -0.39 is 23.9 Å². The summed E-state index contributed by atoms with van der Waals surface area (Å²) in [6.45, 7) is 1.92. The second-order valence-electron chi connectivity index (χ2n) is 6.03. The molecule has 29 heavy (non-hydrogen) atoms. The van der Waals surface area contributed by atoms with Crippen LogP contribution < -0.4 is 14.8 Å². The summed E-state index contributed by atoms with van der Waals surface area (Å²) in [4.78, 5) is 35.7. The van der Waals surface area contributed by atoms with Crippen LogP contribution in [0, 0.1) is 0 Å². The van der Waals surface area contributed by atoms with E-state index in [1.54, 1.807) is 25.1 Å². The third kappa shape index (κ3) is 5.71. The van der Waals surface area contributed by atoms with Gasteiger partial charge in [-0.15, -0.1) is 0 Å². The lowest BCUT2D eigenvalue weighted by molar-refractivity contribution is -0.143. The van der Waals surface area contributed by atoms with Crippen molar-refractivity contribution in [2.45, 2.75) is 19.4 Å². The molecule has 0 aliphatic carbocycles. The molecule has 2 rings (SSSR count). The number of rotatable bonds is 9. The maximum Gasteiger partial charge on any atom is 0.335 e. The second kappa shape index (κ2) is 10.1. The molecule has 2 aromatic carbocycles. The van der Waals surface area contributed by atoms with E-state index in [9.17, 15) is 14.4 Å². The average Bonchev–Trinajstić information content (AvgIpc) is 2.72. The quantitative estimate of drug-likeness (QED) is 0.622. The molecule has 1 atom stereocenters. The van der Waals surface area contributed by atoms with Crippen LogP contribution in [-0.4, -0.2) is 43.8 Å². The Balaban J connectivity index is 2.29. The number of methoxy groups -OCH3 is 2. The van der Waals surface area contributed by atoms with Gasteiger partial charge in [0, 0.05) is 5.56 Å². The van der Waals surface area contributed by atoms with Crippen molar-refractivity contribution in [1.29, 1.82) is 0 Å². The Morgan fingerprint density at radius 3 is 2.14 bits per heavy atom. The predicted molar refractivity (Wildman–Crippen MR) is 104 cm³/mol. The molecule has 8 nitrogen and oxygen atoms in total. The molecule has 0 bridgehead atoms. The molecule has 2 aromatic rings. The highest BCUT2D eigenvalue weighted by molar-refractivity contribution is 5.96. The van der Waals surface area contributed by atoms with Gasteiger partial charge in [0.05, 0.1) is 38.9 Å². The minimum Gasteiger partial charge on any atom is -0.493 e. The third-order valence-corrected chi connectivity index (χ3v) is 4.19. The van der Waals surface area contributed by atoms with Crippen molar-refractivity contribution in [3.63, 3.8) is 0 Å². The lowest BCUT2D eigenvalue weighted by atomic mass is 10.0. The van der Waals surface area contributed by atoms with E-state index in [4.69, 9.17) is 19.3 Å². The van der Waals surface area contributed by atoms with Crippen LogP contribution in [0.4, 0.5) is 0 Å². The number of benzene rings is 2. The second-order valence-corrected chi connectivity index (χ2v) is 6.03. The van der Waals surface area contributed by atoms with E-state index in [1.807, 2.05) is 0 Å². The molecule has 0 saturated heterocycles. The SMILES string of the molecule is CCOC(=O)CC(NC(=O)c1ccc(C(=O)O)cc1)c1ccc(OC)c(OC)c1. The van der Waals surface area contributed by atoms with Crippen molar-refractivity contribution < 1.29 is 33.7 Å². The van der Waals surface area contributed by atoms with E-state index in [-0.39, 0.29) is 24.2 Å². The van der Waals surface area contributed by atoms with Crippen LogP contribution in [0.25, 0.3) is 0 Å². The number of carboxylic acid groups (broad SMARTS) is 1. The monoisotopic (exact) mass is 401 g/mol. The summed E-state index contributed by atoms with van der Waals surface area (Å²) in [5.41, 5.74) is 0.972. The number of nitrogens with one attached hydrogen (secondary N) is 1. The summed E-state index contributed by atoms with van der Waals surface area (Å²) in [5.74, 6) is -1.03. The molecule has 1 amide bonds. The Kier molecular flexibility index (Phi) is 7.59. The van der Waals surface area contributed by atoms with Crippen LogP contribution in [0.2, 0.25) is 0 Å². The molecule has 0 spiro atoms. The predicted octanol–water partition coefficient (Wildman–Crippen LogP) is 2.83. The highest BCUT2D eigenvalue weighted by Gasteiger charge is 2.22. The van der Waals surface area contributed by atoms with Gasteiger partial charge < -0.3 is 24.6 Å². The Morgan fingerprint density at radius 1 is 0.966 bits per heavy atom. The van der Waals surface area contributed by atoms with Crippen LogP contribution in [0.5, 0.6) is 11.5 Å². The van der Waals surface area contributed by atoms with Crippen LogP contribution in [0.3, 0.4) is 0 Å². The van der Waals surface area contributed by atoms with Gasteiger partial charge in [-0.25, -0.2) is 4.79 Å². The van der Waals surface area contributed by atoms with Crippen molar-refractivity contribution in [1.82, 2.24) is 5.32 Å². The van der Waals surface area contributed by atoms with E-state index in [0.717, 1.165) is 0 Å². The zero-order valence-electron chi connectivity index (χ0n) is 16.4. The maximum absolute atomic E-state index is 12.7. The van der Waals surface area contributed by atoms with Crippen LogP contribution in [0.15, 0.2) is 42.5 Å². The van der Waals surface area contributed by atoms with Crippen molar-refractivity contribution >= 4 is 17.8 Å². The molecule has 2 N–H and O–H groups in total. The first kappa shape index (κ1) is 21.7. The van der Waals surface area contributed by atoms with Gasteiger partial charge in [0.1, 0.15) is 0 Å². The van der Waals surface area contributed by atoms with Gasteiger partial charge in [0.25, 0.3) is 5.91 Å². The summed E-state index contributed by atoms with van der Waals surface area (Å²) in [6.07, 6.45) is -0.0811. The molecule has 0 saturated carbocycles. The first-order chi connectivity index (χ1) is 13.9. The number of hydrogen-bond acceptors (Lipinski definition) is 6. The Labute approximate surface area is 168 Å². The zero-order valence-corrected chi connectivity index (χ0v) is 16.4. The largest absolute Gasteiger partial charge is 0.493 e. The number of ether oxygens (including phenoxy) is 3. The van der Waals surface area contributed by atoms with Gasteiger partial charge in [-0.3, -0.25) is 9.59 Å². The Bertz CT molecular complexity index is 877. The van der Waals surface area contributed by atoms with Gasteiger partial charge in [-0.1, -0.05) is 6.07 Å². The third-order valence-electron chi connectivity index (χ3n) is 4.19. The van der Waals surface area contributed by atoms with Crippen LogP contribution >= 0.6 is 0 Å². The Hall–Kier alpha value is -3.55. The number of aromatic carboxylic acids is 1. The molecule has 0 radical (unpaired) electrons. The number of carboxylic acids is 1. The van der Waals surface area contributed by atoms with Crippen LogP contribution in [0.1, 0.15) is 45.7 Å². The van der Waals surface area contributed by atoms with Crippen molar-refractivity contribution in [3.8, 4) is 11.5 Å². The van der Waals surface area contributed by atoms with E-state index in [2.05, 4.69) is 5.32 Å². The number of hydrogen-bond donors (Lipinski definition) is 2. The highest BCUT2D eigenvalue weighted by atomic mass is 16.5. The average molecular weight is 401 g/mol. The minimum atomic E-state index is -1.08. The number of carbonyl (C=O) groups excluding carboxylic acids is 2. The molecule has 8 heteroatoms. The molecule has 154 valence electrons. The van der Waals surface area contributed by atoms with Gasteiger partial charge in [0.2, 0.25) is 0 Å². The first-order valence-corrected chi connectivity index (χ1v) is 8.91. The minimum absolute atomic E-state index is 0.0736. The molecule has 1 unspecified atom stereocenters. The molecule has 0 aliphatic rings. The van der Waals surface area contributed by atoms with Crippen molar-refractivity contribution in [2.75, 3.05) is 20.8 Å². The lowest BCUT2D eigenvalue weighted by Crippen LogP contribution is -2.30. The van der Waals surface area contributed by atoms with E-state index in [0.29, 0.717) is 17.1 Å². The van der Waals surface area contributed by atoms with Gasteiger partial charge in [0.15, 0.2) is 11.5 Å². The van der Waals surface area contributed by atoms with E-state index in [1.165, 1.54) is 38.5 Å². The van der Waals surface area contributed by atoms with Crippen molar-refractivity contribution in [2.24, 2.45) is 0 Å². The fourth-order valence-corrected chi connectivity index (χ4v) is 2.71. The summed E-state index contributed by atoms with van der Waals surface area (Å²) in [7, 11) is 3.00. The molecule has 0 aromatic heterocycles. The fraction of sp³-hybridized carbons (Fsp3) is 0.286. The first-order valence-electron chi connectivity index (χ1n) is 8.91. The van der Waals surface area contributed by atoms with Gasteiger partial charge >= 0.3 is 11.9 Å². The lowest BCUT2D eigenvalue weighted by Gasteiger charge is -2.20. The summed E-state index contributed by atoms with van der Waals surface area (Å²) < 4.78 is 15.5. The molecule has 0 heterocycles. The standard InChI is InChI=1S/C21H23NO7/c1-4-29-19(23)12-16(15-9-10-17(27-2)18(11-15)28-3)22-20(24)13-5-7-14(8-6-13)21(25)26/h5-11,16H,4,12H2,1-3H3,(H,22,24)(H,25,26). The maximum atomic E-state index is 12.7. The molecular weight excluding hydrogens is 378 g/mol. The molecule has 0 fully saturated rings. The smallest absolute Gasteiger partial charge is 0.335 e. The number of amides is 1. The van der Waals surface area contributed by atoms with E-state index >= 15 is 0 Å². The topological polar surface area (TPSA) is 111 Å².